The molecular formula is C26H35N5O4. The number of hydrogen-bond acceptors (Lipinski definition) is 7. The zero-order valence-corrected chi connectivity index (χ0v) is 21.5. The molecule has 0 fully saturated rings. The highest BCUT2D eigenvalue weighted by Crippen LogP contribution is 2.27. The molecule has 0 bridgehead atoms. The number of rotatable bonds is 6. The molecule has 0 aliphatic rings. The second kappa shape index (κ2) is 11.5. The molecule has 0 unspecified atom stereocenters. The first-order valence-corrected chi connectivity index (χ1v) is 11.6. The van der Waals surface area contributed by atoms with Crippen molar-refractivity contribution in [3.8, 4) is 0 Å². The number of carbonyl (C=O) groups excluding carboxylic acids is 2. The Labute approximate surface area is 205 Å². The molecule has 4 N–H and O–H groups in total. The molecule has 0 atom stereocenters. The third-order valence-corrected chi connectivity index (χ3v) is 4.92. The Hall–Kier alpha value is -3.88. The first-order valence-electron chi connectivity index (χ1n) is 11.6. The van der Waals surface area contributed by atoms with Crippen LogP contribution in [0.3, 0.4) is 0 Å². The number of fused-ring (bicyclic) bond motifs is 1. The summed E-state index contributed by atoms with van der Waals surface area (Å²) >= 11 is 0. The Balaban J connectivity index is 0.00000210. The average Bonchev–Trinajstić information content (AvgIpc) is 2.80. The highest BCUT2D eigenvalue weighted by Gasteiger charge is 2.23. The molecule has 1 aromatic carbocycles. The molecule has 0 saturated carbocycles. The standard InChI is InChI=1S/C24H29N5O4.C2H6/c1-14-6-8-15(9-7-14)11-28-22(31)17-10-16-20(26-5)18(25)12-27-21(16)29(23(17)32)13-19(30)33-24(2,3)4;1-2/h6-10,12H,11,13,25H2,1-5H3,(H,26,27)(H,28,31);1-2H3. The van der Waals surface area contributed by atoms with Crippen LogP contribution in [0.2, 0.25) is 0 Å². The monoisotopic (exact) mass is 481 g/mol. The summed E-state index contributed by atoms with van der Waals surface area (Å²) in [6.45, 7) is 11.0. The van der Waals surface area contributed by atoms with Crippen LogP contribution in [0, 0.1) is 6.92 Å². The number of hydrogen-bond donors (Lipinski definition) is 3. The number of pyridine rings is 2. The molecule has 35 heavy (non-hydrogen) atoms. The summed E-state index contributed by atoms with van der Waals surface area (Å²) in [4.78, 5) is 43.0. The maximum absolute atomic E-state index is 13.3. The van der Waals surface area contributed by atoms with Crippen LogP contribution in [0.5, 0.6) is 0 Å². The van der Waals surface area contributed by atoms with Crippen molar-refractivity contribution in [1.82, 2.24) is 14.9 Å². The lowest BCUT2D eigenvalue weighted by atomic mass is 10.1. The number of esters is 1. The van der Waals surface area contributed by atoms with E-state index in [1.807, 2.05) is 45.0 Å². The third kappa shape index (κ3) is 6.81. The number of nitrogens with two attached hydrogens (primary N) is 1. The van der Waals surface area contributed by atoms with Crippen molar-refractivity contribution in [3.63, 3.8) is 0 Å². The number of nitrogens with one attached hydrogen (secondary N) is 2. The summed E-state index contributed by atoms with van der Waals surface area (Å²) in [7, 11) is 1.67. The fourth-order valence-corrected chi connectivity index (χ4v) is 3.41. The summed E-state index contributed by atoms with van der Waals surface area (Å²) in [6, 6.07) is 9.14. The number of nitrogen functional groups attached to an aromatic ring is 1. The van der Waals surface area contributed by atoms with Crippen LogP contribution in [0.25, 0.3) is 11.0 Å². The first kappa shape index (κ1) is 27.4. The molecule has 3 rings (SSSR count). The summed E-state index contributed by atoms with van der Waals surface area (Å²) in [6.07, 6.45) is 1.40. The molecule has 188 valence electrons. The molecule has 0 spiro atoms. The quantitative estimate of drug-likeness (QED) is 0.459. The second-order valence-electron chi connectivity index (χ2n) is 8.78. The van der Waals surface area contributed by atoms with Crippen molar-refractivity contribution in [1.29, 1.82) is 0 Å². The Morgan fingerprint density at radius 3 is 2.34 bits per heavy atom. The Morgan fingerprint density at radius 2 is 1.77 bits per heavy atom. The van der Waals surface area contributed by atoms with Crippen molar-refractivity contribution in [2.45, 2.75) is 60.2 Å². The predicted molar refractivity (Wildman–Crippen MR) is 140 cm³/mol. The van der Waals surface area contributed by atoms with Crippen LogP contribution in [-0.2, 0) is 22.6 Å². The van der Waals surface area contributed by atoms with Crippen LogP contribution in [-0.4, -0.2) is 34.1 Å². The van der Waals surface area contributed by atoms with E-state index >= 15 is 0 Å². The maximum Gasteiger partial charge on any atom is 0.326 e. The molecule has 0 radical (unpaired) electrons. The van der Waals surface area contributed by atoms with Crippen molar-refractivity contribution in [2.75, 3.05) is 18.1 Å². The topological polar surface area (TPSA) is 128 Å². The highest BCUT2D eigenvalue weighted by molar-refractivity contribution is 6.02. The van der Waals surface area contributed by atoms with Crippen LogP contribution in [0.1, 0.15) is 56.1 Å². The lowest BCUT2D eigenvalue weighted by Crippen LogP contribution is -2.36. The van der Waals surface area contributed by atoms with E-state index in [1.165, 1.54) is 12.3 Å². The Kier molecular flexibility index (Phi) is 8.99. The fourth-order valence-electron chi connectivity index (χ4n) is 3.41. The maximum atomic E-state index is 13.3. The van der Waals surface area contributed by atoms with Gasteiger partial charge in [-0.25, -0.2) is 4.98 Å². The molecule has 0 aliphatic heterocycles. The van der Waals surface area contributed by atoms with Crippen molar-refractivity contribution < 1.29 is 14.3 Å². The fraction of sp³-hybridized carbons (Fsp3) is 0.385. The summed E-state index contributed by atoms with van der Waals surface area (Å²) in [5.74, 6) is -1.18. The minimum atomic E-state index is -0.729. The molecule has 9 heteroatoms. The Bertz CT molecular complexity index is 1260. The van der Waals surface area contributed by atoms with E-state index in [2.05, 4.69) is 15.6 Å². The second-order valence-corrected chi connectivity index (χ2v) is 8.78. The smallest absolute Gasteiger partial charge is 0.326 e. The molecule has 2 aromatic heterocycles. The normalized spacial score (nSPS) is 10.8. The molecule has 0 saturated heterocycles. The molecule has 2 heterocycles. The summed E-state index contributed by atoms with van der Waals surface area (Å²) in [5.41, 5.74) is 7.61. The lowest BCUT2D eigenvalue weighted by Gasteiger charge is -2.20. The van der Waals surface area contributed by atoms with Gasteiger partial charge in [0, 0.05) is 19.0 Å². The number of ether oxygens (including phenoxy) is 1. The summed E-state index contributed by atoms with van der Waals surface area (Å²) < 4.78 is 6.52. The SMILES string of the molecule is CC.CNc1c(N)cnc2c1cc(C(=O)NCc1ccc(C)cc1)c(=O)n2CC(=O)OC(C)(C)C. The number of aromatic nitrogens is 2. The molecule has 9 nitrogen and oxygen atoms in total. The van der Waals surface area contributed by atoms with Gasteiger partial charge in [-0.2, -0.15) is 0 Å². The van der Waals surface area contributed by atoms with Gasteiger partial charge in [0.25, 0.3) is 11.5 Å². The van der Waals surface area contributed by atoms with Gasteiger partial charge in [-0.3, -0.25) is 19.0 Å². The van der Waals surface area contributed by atoms with Gasteiger partial charge in [0.05, 0.1) is 17.6 Å². The van der Waals surface area contributed by atoms with Gasteiger partial charge in [-0.05, 0) is 39.3 Å². The summed E-state index contributed by atoms with van der Waals surface area (Å²) in [5, 5.41) is 6.19. The molecule has 0 aliphatic carbocycles. The predicted octanol–water partition coefficient (Wildman–Crippen LogP) is 3.63. The van der Waals surface area contributed by atoms with Crippen LogP contribution >= 0.6 is 0 Å². The van der Waals surface area contributed by atoms with Gasteiger partial charge in [-0.15, -0.1) is 0 Å². The molecule has 3 aromatic rings. The van der Waals surface area contributed by atoms with Crippen LogP contribution < -0.4 is 21.9 Å². The van der Waals surface area contributed by atoms with E-state index in [1.54, 1.807) is 27.8 Å². The third-order valence-electron chi connectivity index (χ3n) is 4.92. The van der Waals surface area contributed by atoms with Crippen molar-refractivity contribution >= 4 is 34.3 Å². The van der Waals surface area contributed by atoms with E-state index in [9.17, 15) is 14.4 Å². The average molecular weight is 482 g/mol. The van der Waals surface area contributed by atoms with Crippen LogP contribution in [0.15, 0.2) is 41.3 Å². The molecule has 1 amide bonds. The lowest BCUT2D eigenvalue weighted by molar-refractivity contribution is -0.155. The Morgan fingerprint density at radius 1 is 1.14 bits per heavy atom. The van der Waals surface area contributed by atoms with Gasteiger partial charge in [0.15, 0.2) is 0 Å². The van der Waals surface area contributed by atoms with E-state index in [-0.39, 0.29) is 17.8 Å². The van der Waals surface area contributed by atoms with Crippen LogP contribution in [0.4, 0.5) is 11.4 Å². The van der Waals surface area contributed by atoms with E-state index < -0.39 is 29.6 Å². The minimum Gasteiger partial charge on any atom is -0.459 e. The van der Waals surface area contributed by atoms with Crippen molar-refractivity contribution in [2.24, 2.45) is 0 Å². The zero-order chi connectivity index (χ0) is 26.3. The van der Waals surface area contributed by atoms with E-state index in [0.717, 1.165) is 15.7 Å². The molecular weight excluding hydrogens is 446 g/mol. The number of benzene rings is 1. The number of anilines is 2. The van der Waals surface area contributed by atoms with E-state index in [4.69, 9.17) is 10.5 Å². The van der Waals surface area contributed by atoms with Gasteiger partial charge in [-0.1, -0.05) is 43.7 Å². The zero-order valence-electron chi connectivity index (χ0n) is 21.5. The minimum absolute atomic E-state index is 0.123. The van der Waals surface area contributed by atoms with Crippen molar-refractivity contribution in [3.05, 3.63) is 63.6 Å². The highest BCUT2D eigenvalue weighted by atomic mass is 16.6. The van der Waals surface area contributed by atoms with Gasteiger partial charge in [0.2, 0.25) is 0 Å². The number of carbonyl (C=O) groups is 2. The number of nitrogens with zero attached hydrogens (tertiary/aromatic N) is 2. The van der Waals surface area contributed by atoms with Gasteiger partial charge >= 0.3 is 5.97 Å². The number of aryl methyl sites for hydroxylation is 1. The number of amides is 1. The first-order chi connectivity index (χ1) is 16.5. The van der Waals surface area contributed by atoms with E-state index in [0.29, 0.717) is 16.8 Å². The largest absolute Gasteiger partial charge is 0.459 e. The van der Waals surface area contributed by atoms with Gasteiger partial charge < -0.3 is 21.1 Å². The van der Waals surface area contributed by atoms with Gasteiger partial charge in [0.1, 0.15) is 23.4 Å².